The molecule has 136 valence electrons. The van der Waals surface area contributed by atoms with E-state index in [2.05, 4.69) is 15.0 Å². The maximum Gasteiger partial charge on any atom is 0.253 e. The Morgan fingerprint density at radius 1 is 1.12 bits per heavy atom. The number of rotatable bonds is 7. The quantitative estimate of drug-likeness (QED) is 0.608. The van der Waals surface area contributed by atoms with Crippen LogP contribution < -0.4 is 10.0 Å². The monoisotopic (exact) mass is 389 g/mol. The van der Waals surface area contributed by atoms with Crippen LogP contribution in [0.4, 0.5) is 5.69 Å². The molecule has 0 fully saturated rings. The van der Waals surface area contributed by atoms with Crippen LogP contribution in [0.5, 0.6) is 0 Å². The van der Waals surface area contributed by atoms with Gasteiger partial charge in [0.2, 0.25) is 10.0 Å². The smallest absolute Gasteiger partial charge is 0.253 e. The molecule has 0 radical (unpaired) electrons. The summed E-state index contributed by atoms with van der Waals surface area (Å²) in [6, 6.07) is 14.5. The standard InChI is InChI=1S/C18H19N3O3S2/c1-26(23,24)21-14-8-3-2-7-13(14)18(22)19-12-6-11-17-20-15-9-4-5-10-16(15)25-17/h2-5,7-10,21H,6,11-12H2,1H3,(H,19,22). The van der Waals surface area contributed by atoms with Gasteiger partial charge in [0, 0.05) is 13.0 Å². The lowest BCUT2D eigenvalue weighted by atomic mass is 10.1. The third kappa shape index (κ3) is 4.80. The van der Waals surface area contributed by atoms with Gasteiger partial charge < -0.3 is 5.32 Å². The second kappa shape index (κ2) is 7.84. The predicted molar refractivity (Wildman–Crippen MR) is 105 cm³/mol. The van der Waals surface area contributed by atoms with Gasteiger partial charge in [-0.15, -0.1) is 11.3 Å². The van der Waals surface area contributed by atoms with Gasteiger partial charge in [0.05, 0.1) is 32.7 Å². The number of carbonyl (C=O) groups is 1. The van der Waals surface area contributed by atoms with E-state index in [1.54, 1.807) is 35.6 Å². The van der Waals surface area contributed by atoms with E-state index in [-0.39, 0.29) is 11.6 Å². The van der Waals surface area contributed by atoms with Gasteiger partial charge in [-0.25, -0.2) is 13.4 Å². The number of nitrogens with one attached hydrogen (secondary N) is 2. The van der Waals surface area contributed by atoms with Crippen LogP contribution in [-0.4, -0.2) is 32.1 Å². The van der Waals surface area contributed by atoms with E-state index in [4.69, 9.17) is 0 Å². The van der Waals surface area contributed by atoms with Crippen molar-refractivity contribution in [3.63, 3.8) is 0 Å². The summed E-state index contributed by atoms with van der Waals surface area (Å²) in [4.78, 5) is 16.9. The second-order valence-corrected chi connectivity index (χ2v) is 8.72. The highest BCUT2D eigenvalue weighted by atomic mass is 32.2. The number of nitrogens with zero attached hydrogens (tertiary/aromatic N) is 1. The minimum Gasteiger partial charge on any atom is -0.352 e. The maximum atomic E-state index is 12.3. The molecule has 0 bridgehead atoms. The predicted octanol–water partition coefficient (Wildman–Crippen LogP) is 3.03. The van der Waals surface area contributed by atoms with Crippen LogP contribution in [0.2, 0.25) is 0 Å². The summed E-state index contributed by atoms with van der Waals surface area (Å²) in [5, 5.41) is 3.87. The molecule has 1 heterocycles. The van der Waals surface area contributed by atoms with Gasteiger partial charge in [0.15, 0.2) is 0 Å². The molecule has 3 aromatic rings. The van der Waals surface area contributed by atoms with Crippen molar-refractivity contribution >= 4 is 43.2 Å². The number of hydrogen-bond donors (Lipinski definition) is 2. The first-order chi connectivity index (χ1) is 12.4. The van der Waals surface area contributed by atoms with Crippen LogP contribution in [0.15, 0.2) is 48.5 Å². The van der Waals surface area contributed by atoms with Crippen molar-refractivity contribution in [2.45, 2.75) is 12.8 Å². The zero-order valence-electron chi connectivity index (χ0n) is 14.2. The minimum atomic E-state index is -3.44. The fourth-order valence-corrected chi connectivity index (χ4v) is 4.12. The summed E-state index contributed by atoms with van der Waals surface area (Å²) in [7, 11) is -3.44. The lowest BCUT2D eigenvalue weighted by molar-refractivity contribution is 0.0954. The van der Waals surface area contributed by atoms with Crippen LogP contribution in [0.1, 0.15) is 21.8 Å². The number of fused-ring (bicyclic) bond motifs is 1. The SMILES string of the molecule is CS(=O)(=O)Nc1ccccc1C(=O)NCCCc1nc2ccccc2s1. The Hall–Kier alpha value is -2.45. The zero-order chi connectivity index (χ0) is 18.6. The number of aromatic nitrogens is 1. The van der Waals surface area contributed by atoms with Crippen molar-refractivity contribution in [2.75, 3.05) is 17.5 Å². The summed E-state index contributed by atoms with van der Waals surface area (Å²) in [5.74, 6) is -0.305. The third-order valence-electron chi connectivity index (χ3n) is 3.66. The molecule has 8 heteroatoms. The first kappa shape index (κ1) is 18.3. The Kier molecular flexibility index (Phi) is 5.53. The lowest BCUT2D eigenvalue weighted by Gasteiger charge is -2.10. The molecule has 0 spiro atoms. The highest BCUT2D eigenvalue weighted by Gasteiger charge is 2.13. The first-order valence-corrected chi connectivity index (χ1v) is 10.8. The molecular weight excluding hydrogens is 370 g/mol. The van der Waals surface area contributed by atoms with Gasteiger partial charge >= 0.3 is 0 Å². The Balaban J connectivity index is 1.56. The van der Waals surface area contributed by atoms with Crippen molar-refractivity contribution in [2.24, 2.45) is 0 Å². The summed E-state index contributed by atoms with van der Waals surface area (Å²) in [6.45, 7) is 0.488. The molecule has 0 aliphatic carbocycles. The number of carbonyl (C=O) groups excluding carboxylic acids is 1. The summed E-state index contributed by atoms with van der Waals surface area (Å²) in [6.07, 6.45) is 2.59. The number of sulfonamides is 1. The van der Waals surface area contributed by atoms with E-state index < -0.39 is 10.0 Å². The number of thiazole rings is 1. The lowest BCUT2D eigenvalue weighted by Crippen LogP contribution is -2.26. The van der Waals surface area contributed by atoms with E-state index in [9.17, 15) is 13.2 Å². The van der Waals surface area contributed by atoms with E-state index in [1.165, 1.54) is 0 Å². The number of benzene rings is 2. The maximum absolute atomic E-state index is 12.3. The zero-order valence-corrected chi connectivity index (χ0v) is 15.9. The molecule has 0 saturated carbocycles. The minimum absolute atomic E-state index is 0.277. The van der Waals surface area contributed by atoms with Crippen LogP contribution in [0, 0.1) is 0 Å². The van der Waals surface area contributed by atoms with Crippen molar-refractivity contribution in [3.05, 3.63) is 59.1 Å². The van der Waals surface area contributed by atoms with Gasteiger partial charge in [-0.1, -0.05) is 24.3 Å². The van der Waals surface area contributed by atoms with E-state index in [1.807, 2.05) is 24.3 Å². The summed E-state index contributed by atoms with van der Waals surface area (Å²) >= 11 is 1.66. The first-order valence-electron chi connectivity index (χ1n) is 8.12. The van der Waals surface area contributed by atoms with Crippen molar-refractivity contribution in [1.82, 2.24) is 10.3 Å². The molecule has 1 aromatic heterocycles. The summed E-state index contributed by atoms with van der Waals surface area (Å²) < 4.78 is 26.4. The van der Waals surface area contributed by atoms with E-state index in [0.717, 1.165) is 34.3 Å². The molecule has 3 rings (SSSR count). The molecule has 0 unspecified atom stereocenters. The van der Waals surface area contributed by atoms with Crippen LogP contribution in [0.3, 0.4) is 0 Å². The highest BCUT2D eigenvalue weighted by molar-refractivity contribution is 7.92. The van der Waals surface area contributed by atoms with Gasteiger partial charge in [-0.05, 0) is 30.7 Å². The topological polar surface area (TPSA) is 88.2 Å². The Morgan fingerprint density at radius 2 is 1.85 bits per heavy atom. The number of hydrogen-bond acceptors (Lipinski definition) is 5. The summed E-state index contributed by atoms with van der Waals surface area (Å²) in [5.41, 5.74) is 1.58. The van der Waals surface area contributed by atoms with Crippen molar-refractivity contribution in [3.8, 4) is 0 Å². The number of para-hydroxylation sites is 2. The number of anilines is 1. The van der Waals surface area contributed by atoms with Crippen LogP contribution >= 0.6 is 11.3 Å². The molecular formula is C18H19N3O3S2. The number of amides is 1. The van der Waals surface area contributed by atoms with Crippen LogP contribution in [0.25, 0.3) is 10.2 Å². The molecule has 0 saturated heterocycles. The Morgan fingerprint density at radius 3 is 2.62 bits per heavy atom. The number of aryl methyl sites for hydroxylation is 1. The van der Waals surface area contributed by atoms with Crippen molar-refractivity contribution in [1.29, 1.82) is 0 Å². The van der Waals surface area contributed by atoms with Gasteiger partial charge in [0.1, 0.15) is 0 Å². The molecule has 1 amide bonds. The average Bonchev–Trinajstić information content (AvgIpc) is 3.00. The Labute approximate surface area is 156 Å². The van der Waals surface area contributed by atoms with Crippen LogP contribution in [-0.2, 0) is 16.4 Å². The average molecular weight is 390 g/mol. The fourth-order valence-electron chi connectivity index (χ4n) is 2.53. The molecule has 0 aliphatic heterocycles. The molecule has 0 aliphatic rings. The molecule has 26 heavy (non-hydrogen) atoms. The highest BCUT2D eigenvalue weighted by Crippen LogP contribution is 2.22. The van der Waals surface area contributed by atoms with Crippen molar-refractivity contribution < 1.29 is 13.2 Å². The molecule has 2 aromatic carbocycles. The largest absolute Gasteiger partial charge is 0.352 e. The second-order valence-electron chi connectivity index (χ2n) is 5.85. The third-order valence-corrected chi connectivity index (χ3v) is 5.35. The molecule has 2 N–H and O–H groups in total. The van der Waals surface area contributed by atoms with Gasteiger partial charge in [-0.3, -0.25) is 9.52 Å². The Bertz CT molecular complexity index is 996. The van der Waals surface area contributed by atoms with Gasteiger partial charge in [0.25, 0.3) is 5.91 Å². The molecule has 6 nitrogen and oxygen atoms in total. The normalized spacial score (nSPS) is 11.4. The molecule has 0 atom stereocenters. The van der Waals surface area contributed by atoms with E-state index >= 15 is 0 Å². The fraction of sp³-hybridized carbons (Fsp3) is 0.222. The van der Waals surface area contributed by atoms with E-state index in [0.29, 0.717) is 12.1 Å². The van der Waals surface area contributed by atoms with Gasteiger partial charge in [-0.2, -0.15) is 0 Å².